The van der Waals surface area contributed by atoms with E-state index in [-0.39, 0.29) is 5.92 Å². The highest BCUT2D eigenvalue weighted by Crippen LogP contribution is 2.39. The Morgan fingerprint density at radius 3 is 2.74 bits per heavy atom. The second-order valence-corrected chi connectivity index (χ2v) is 15.1. The highest BCUT2D eigenvalue weighted by molar-refractivity contribution is 6.32. The topological polar surface area (TPSA) is 89.4 Å². The Bertz CT molecular complexity index is 2130. The number of halogens is 1. The van der Waals surface area contributed by atoms with E-state index >= 15 is 0 Å². The minimum atomic E-state index is 0.179. The number of aromatic nitrogens is 4. The van der Waals surface area contributed by atoms with Gasteiger partial charge in [0, 0.05) is 105 Å². The van der Waals surface area contributed by atoms with Crippen molar-refractivity contribution in [1.29, 1.82) is 0 Å². The van der Waals surface area contributed by atoms with Gasteiger partial charge in [-0.2, -0.15) is 10.1 Å². The molecule has 3 N–H and O–H groups in total. The number of fused-ring (bicyclic) bond motifs is 2. The van der Waals surface area contributed by atoms with Crippen LogP contribution >= 0.6 is 11.6 Å². The Kier molecular flexibility index (Phi) is 10.2. The SMILES string of the molecule is C=C(CCC1=Cc2cc(Nc3nc(N4CCCC(CN(C)c5ccc6c(C7CCC(=C)NC7=C)nn(C)c6c5)C4)ncc3Cl)ccc2N(C)C1=C)NC. The van der Waals surface area contributed by atoms with Crippen molar-refractivity contribution in [3.8, 4) is 0 Å². The third kappa shape index (κ3) is 7.51. The molecule has 2 saturated heterocycles. The lowest BCUT2D eigenvalue weighted by Crippen LogP contribution is -2.41. The predicted molar refractivity (Wildman–Crippen MR) is 222 cm³/mol. The molecule has 10 nitrogen and oxygen atoms in total. The smallest absolute Gasteiger partial charge is 0.227 e. The van der Waals surface area contributed by atoms with E-state index in [2.05, 4.69) is 119 Å². The molecule has 276 valence electrons. The van der Waals surface area contributed by atoms with Gasteiger partial charge < -0.3 is 30.7 Å². The van der Waals surface area contributed by atoms with Crippen LogP contribution in [0.2, 0.25) is 5.02 Å². The van der Waals surface area contributed by atoms with E-state index in [0.29, 0.717) is 22.7 Å². The molecule has 7 rings (SSSR count). The minimum absolute atomic E-state index is 0.179. The van der Waals surface area contributed by atoms with Gasteiger partial charge in [0.15, 0.2) is 5.82 Å². The molecule has 0 radical (unpaired) electrons. The van der Waals surface area contributed by atoms with E-state index in [0.717, 1.165) is 109 Å². The van der Waals surface area contributed by atoms with Crippen LogP contribution in [0.25, 0.3) is 17.0 Å². The number of benzene rings is 2. The summed E-state index contributed by atoms with van der Waals surface area (Å²) in [6.45, 7) is 19.5. The first-order chi connectivity index (χ1) is 25.5. The molecule has 53 heavy (non-hydrogen) atoms. The third-order valence-electron chi connectivity index (χ3n) is 11.0. The first kappa shape index (κ1) is 36.2. The quantitative estimate of drug-likeness (QED) is 0.141. The van der Waals surface area contributed by atoms with Crippen molar-refractivity contribution in [3.05, 3.63) is 114 Å². The van der Waals surface area contributed by atoms with Crippen LogP contribution in [0.5, 0.6) is 0 Å². The van der Waals surface area contributed by atoms with Gasteiger partial charge in [-0.25, -0.2) is 4.98 Å². The fourth-order valence-electron chi connectivity index (χ4n) is 7.87. The van der Waals surface area contributed by atoms with Crippen molar-refractivity contribution in [1.82, 2.24) is 30.4 Å². The summed E-state index contributed by atoms with van der Waals surface area (Å²) in [6, 6.07) is 13.0. The predicted octanol–water partition coefficient (Wildman–Crippen LogP) is 8.47. The molecule has 11 heteroatoms. The molecule has 2 aromatic heterocycles. The molecule has 0 aliphatic carbocycles. The molecule has 0 bridgehead atoms. The van der Waals surface area contributed by atoms with E-state index < -0.39 is 0 Å². The zero-order valence-corrected chi connectivity index (χ0v) is 32.2. The second kappa shape index (κ2) is 15.0. The van der Waals surface area contributed by atoms with Gasteiger partial charge in [-0.1, -0.05) is 37.9 Å². The fourth-order valence-corrected chi connectivity index (χ4v) is 8.01. The summed E-state index contributed by atoms with van der Waals surface area (Å²) in [4.78, 5) is 16.4. The lowest BCUT2D eigenvalue weighted by Gasteiger charge is -2.35. The maximum atomic E-state index is 6.68. The zero-order valence-electron chi connectivity index (χ0n) is 31.5. The number of hydrogen-bond donors (Lipinski definition) is 3. The maximum absolute atomic E-state index is 6.68. The largest absolute Gasteiger partial charge is 0.392 e. The summed E-state index contributed by atoms with van der Waals surface area (Å²) >= 11 is 6.68. The van der Waals surface area contributed by atoms with Gasteiger partial charge in [0.1, 0.15) is 5.02 Å². The molecular formula is C42H51ClN10. The summed E-state index contributed by atoms with van der Waals surface area (Å²) < 4.78 is 2.00. The van der Waals surface area contributed by atoms with Crippen molar-refractivity contribution < 1.29 is 0 Å². The second-order valence-electron chi connectivity index (χ2n) is 14.7. The maximum Gasteiger partial charge on any atom is 0.227 e. The zero-order chi connectivity index (χ0) is 37.4. The molecule has 2 atom stereocenters. The highest BCUT2D eigenvalue weighted by atomic mass is 35.5. The Morgan fingerprint density at radius 2 is 1.94 bits per heavy atom. The lowest BCUT2D eigenvalue weighted by molar-refractivity contribution is 0.414. The van der Waals surface area contributed by atoms with Crippen LogP contribution in [-0.2, 0) is 7.05 Å². The Balaban J connectivity index is 1.03. The van der Waals surface area contributed by atoms with Crippen LogP contribution in [0, 0.1) is 5.92 Å². The Hall–Kier alpha value is -5.22. The first-order valence-corrected chi connectivity index (χ1v) is 18.9. The summed E-state index contributed by atoms with van der Waals surface area (Å²) in [5.74, 6) is 1.92. The van der Waals surface area contributed by atoms with Crippen molar-refractivity contribution in [2.24, 2.45) is 13.0 Å². The van der Waals surface area contributed by atoms with E-state index in [1.807, 2.05) is 18.8 Å². The summed E-state index contributed by atoms with van der Waals surface area (Å²) in [7, 11) is 8.18. The molecule has 0 amide bonds. The van der Waals surface area contributed by atoms with Gasteiger partial charge in [-0.3, -0.25) is 4.68 Å². The lowest BCUT2D eigenvalue weighted by atomic mass is 9.90. The molecule has 0 spiro atoms. The molecule has 3 aliphatic heterocycles. The van der Waals surface area contributed by atoms with Crippen molar-refractivity contribution in [2.75, 3.05) is 60.8 Å². The molecule has 3 aliphatic rings. The first-order valence-electron chi connectivity index (χ1n) is 18.5. The normalized spacial score (nSPS) is 18.8. The Morgan fingerprint density at radius 1 is 1.11 bits per heavy atom. The van der Waals surface area contributed by atoms with E-state index in [4.69, 9.17) is 21.7 Å². The third-order valence-corrected chi connectivity index (χ3v) is 11.3. The van der Waals surface area contributed by atoms with Gasteiger partial charge in [-0.15, -0.1) is 0 Å². The van der Waals surface area contributed by atoms with E-state index in [9.17, 15) is 0 Å². The van der Waals surface area contributed by atoms with Crippen molar-refractivity contribution >= 4 is 57.4 Å². The summed E-state index contributed by atoms with van der Waals surface area (Å²) in [5.41, 5.74) is 11.7. The van der Waals surface area contributed by atoms with Gasteiger partial charge >= 0.3 is 0 Å². The monoisotopic (exact) mass is 730 g/mol. The number of allylic oxidation sites excluding steroid dienone is 4. The molecule has 0 saturated carbocycles. The number of nitrogens with zero attached hydrogens (tertiary/aromatic N) is 7. The van der Waals surface area contributed by atoms with Crippen LogP contribution in [0.1, 0.15) is 55.7 Å². The standard InChI is InChI=1S/C42H51ClN10/c1-26(44-5)11-13-31-20-32-21-33(14-18-38(32)51(7)29(31)4)47-41-37(43)23-45-42(48-41)53-19-9-10-30(25-53)24-50(6)34-15-17-36-39(22-34)52(8)49-40(36)35-16-12-27(2)46-28(35)3/h14-15,17-18,20-23,30,35,44,46H,1-4,9-13,16,19,24-25H2,5-8H3,(H,45,47,48). The van der Waals surface area contributed by atoms with Gasteiger partial charge in [0.2, 0.25) is 5.95 Å². The molecule has 5 heterocycles. The summed E-state index contributed by atoms with van der Waals surface area (Å²) in [6.07, 6.45) is 9.76. The highest BCUT2D eigenvalue weighted by Gasteiger charge is 2.27. The van der Waals surface area contributed by atoms with Crippen LogP contribution < -0.4 is 30.7 Å². The number of rotatable bonds is 11. The molecule has 2 unspecified atom stereocenters. The van der Waals surface area contributed by atoms with Gasteiger partial charge in [-0.05, 0) is 92.5 Å². The average molecular weight is 731 g/mol. The summed E-state index contributed by atoms with van der Waals surface area (Å²) in [5, 5.41) is 16.6. The Labute approximate surface area is 318 Å². The number of piperidine rings is 2. The van der Waals surface area contributed by atoms with Crippen molar-refractivity contribution in [2.45, 2.75) is 44.4 Å². The van der Waals surface area contributed by atoms with Gasteiger partial charge in [0.25, 0.3) is 0 Å². The van der Waals surface area contributed by atoms with E-state index in [1.54, 1.807) is 6.20 Å². The van der Waals surface area contributed by atoms with Crippen molar-refractivity contribution in [3.63, 3.8) is 0 Å². The van der Waals surface area contributed by atoms with Crippen LogP contribution in [0.15, 0.2) is 97.3 Å². The number of hydrogen-bond acceptors (Lipinski definition) is 9. The number of anilines is 5. The minimum Gasteiger partial charge on any atom is -0.392 e. The van der Waals surface area contributed by atoms with Gasteiger partial charge in [0.05, 0.1) is 17.4 Å². The molecule has 2 aromatic carbocycles. The number of likely N-dealkylation sites (N-methyl/N-ethyl adjacent to an activating group) is 1. The molecular weight excluding hydrogens is 680 g/mol. The average Bonchev–Trinajstić information content (AvgIpc) is 3.48. The van der Waals surface area contributed by atoms with Crippen LogP contribution in [-0.4, -0.2) is 60.5 Å². The van der Waals surface area contributed by atoms with Crippen LogP contribution in [0.3, 0.4) is 0 Å². The number of nitrogens with one attached hydrogen (secondary N) is 3. The van der Waals surface area contributed by atoms with Crippen LogP contribution in [0.4, 0.5) is 28.8 Å². The number of aryl methyl sites for hydroxylation is 1. The fraction of sp³-hybridized carbons (Fsp3) is 0.357. The molecule has 4 aromatic rings. The van der Waals surface area contributed by atoms with E-state index in [1.165, 1.54) is 16.6 Å². The molecule has 2 fully saturated rings.